The minimum absolute atomic E-state index is 0.0100. The lowest BCUT2D eigenvalue weighted by Crippen LogP contribution is -2.54. The van der Waals surface area contributed by atoms with E-state index in [9.17, 15) is 32.8 Å². The van der Waals surface area contributed by atoms with Crippen molar-refractivity contribution in [2.45, 2.75) is 18.9 Å². The summed E-state index contributed by atoms with van der Waals surface area (Å²) < 4.78 is 60.8. The second-order valence-corrected chi connectivity index (χ2v) is 14.0. The number of nitrogens with one attached hydrogen (secondary N) is 2. The van der Waals surface area contributed by atoms with Gasteiger partial charge < -0.3 is 34.2 Å². The molecule has 3 saturated heterocycles. The fraction of sp³-hybridized carbons (Fsp3) is 0.444. The average Bonchev–Trinajstić information content (AvgIpc) is 3.77. The van der Waals surface area contributed by atoms with Gasteiger partial charge in [-0.05, 0) is 30.7 Å². The molecule has 0 bridgehead atoms. The highest BCUT2D eigenvalue weighted by molar-refractivity contribution is 7.14. The first-order valence-electron chi connectivity index (χ1n) is 17.9. The summed E-state index contributed by atoms with van der Waals surface area (Å²) in [5.74, 6) is -6.09. The van der Waals surface area contributed by atoms with E-state index in [0.717, 1.165) is 22.2 Å². The molecule has 0 spiro atoms. The van der Waals surface area contributed by atoms with Crippen LogP contribution in [0.25, 0.3) is 11.3 Å². The number of nitrogens with zero attached hydrogens (tertiary/aromatic N) is 5. The quantitative estimate of drug-likeness (QED) is 0.191. The van der Waals surface area contributed by atoms with Crippen LogP contribution in [0.3, 0.4) is 0 Å². The molecule has 7 rings (SSSR count). The second-order valence-electron chi connectivity index (χ2n) is 13.2. The fourth-order valence-corrected chi connectivity index (χ4v) is 7.71. The van der Waals surface area contributed by atoms with Gasteiger partial charge in [0.2, 0.25) is 23.5 Å². The number of hydrogen-bond acceptors (Lipinski definition) is 13. The molecule has 2 N–H and O–H groups in total. The molecule has 55 heavy (non-hydrogen) atoms. The summed E-state index contributed by atoms with van der Waals surface area (Å²) in [7, 11) is 0. The van der Waals surface area contributed by atoms with E-state index in [1.165, 1.54) is 23.5 Å². The molecule has 3 aromatic rings. The van der Waals surface area contributed by atoms with Crippen LogP contribution in [0, 0.1) is 17.5 Å². The molecule has 4 aliphatic rings. The van der Waals surface area contributed by atoms with Gasteiger partial charge in [0.15, 0.2) is 16.7 Å². The van der Waals surface area contributed by atoms with Crippen LogP contribution in [0.2, 0.25) is 0 Å². The van der Waals surface area contributed by atoms with Crippen molar-refractivity contribution in [3.63, 3.8) is 0 Å². The number of thiazole rings is 1. The molecule has 5 heterocycles. The number of morpholine rings is 1. The maximum Gasteiger partial charge on any atom is 0.262 e. The van der Waals surface area contributed by atoms with Crippen LogP contribution < -0.4 is 25.2 Å². The lowest BCUT2D eigenvalue weighted by atomic mass is 10.0. The van der Waals surface area contributed by atoms with Crippen molar-refractivity contribution in [2.75, 3.05) is 95.2 Å². The minimum atomic E-state index is -1.16. The second kappa shape index (κ2) is 16.7. The Labute approximate surface area is 317 Å². The summed E-state index contributed by atoms with van der Waals surface area (Å²) in [5, 5.41) is 7.76. The predicted octanol–water partition coefficient (Wildman–Crippen LogP) is 1.80. The Kier molecular flexibility index (Phi) is 11.6. The van der Waals surface area contributed by atoms with Gasteiger partial charge in [-0.1, -0.05) is 0 Å². The largest absolute Gasteiger partial charge is 0.488 e. The zero-order valence-corrected chi connectivity index (χ0v) is 30.4. The molecule has 3 fully saturated rings. The van der Waals surface area contributed by atoms with Crippen LogP contribution in [-0.4, -0.2) is 136 Å². The number of piperidine rings is 1. The van der Waals surface area contributed by atoms with Crippen molar-refractivity contribution >= 4 is 51.7 Å². The van der Waals surface area contributed by atoms with Gasteiger partial charge in [0, 0.05) is 69.7 Å². The lowest BCUT2D eigenvalue weighted by Gasteiger charge is -2.36. The number of benzene rings is 2. The number of imide groups is 2. The van der Waals surface area contributed by atoms with Crippen molar-refractivity contribution in [1.82, 2.24) is 25.4 Å². The molecule has 1 atom stereocenters. The molecule has 1 unspecified atom stereocenters. The molecular weight excluding hydrogens is 747 g/mol. The monoisotopic (exact) mass is 785 g/mol. The van der Waals surface area contributed by atoms with E-state index in [-0.39, 0.29) is 87.3 Å². The van der Waals surface area contributed by atoms with E-state index in [2.05, 4.69) is 20.5 Å². The molecule has 0 radical (unpaired) electrons. The van der Waals surface area contributed by atoms with E-state index >= 15 is 4.39 Å². The van der Waals surface area contributed by atoms with Gasteiger partial charge in [0.1, 0.15) is 25.1 Å². The molecule has 0 aliphatic carbocycles. The normalized spacial score (nSPS) is 18.9. The van der Waals surface area contributed by atoms with Gasteiger partial charge in [0.05, 0.1) is 42.3 Å². The Hall–Kier alpha value is -5.11. The van der Waals surface area contributed by atoms with Crippen LogP contribution in [-0.2, 0) is 23.9 Å². The van der Waals surface area contributed by atoms with Crippen LogP contribution in [0.15, 0.2) is 29.6 Å². The Morgan fingerprint density at radius 2 is 1.64 bits per heavy atom. The number of rotatable bonds is 13. The summed E-state index contributed by atoms with van der Waals surface area (Å²) in [6, 6.07) is 3.62. The number of hydrogen-bond donors (Lipinski definition) is 2. The maximum absolute atomic E-state index is 15.3. The standard InChI is InChI=1S/C36H38F3N7O8S/c37-24-2-1-21(26-20-55-36(41-26)45-11-15-52-16-12-45)32(31(24)39)54-14-6-40-5-13-53-19-30(48)44-9-7-43(8-10-44)28-18-23-22(17-25(28)38)34(50)46(35(23)51)27-3-4-29(47)42-33(27)49/h1-2,17-18,20,27,40H,3-16,19H2,(H,42,47,49). The fourth-order valence-electron chi connectivity index (χ4n) is 6.83. The van der Waals surface area contributed by atoms with Crippen LogP contribution in [0.1, 0.15) is 33.6 Å². The number of aromatic nitrogens is 1. The van der Waals surface area contributed by atoms with E-state index in [1.54, 1.807) is 15.2 Å². The Balaban J connectivity index is 0.828. The Morgan fingerprint density at radius 1 is 0.909 bits per heavy atom. The molecule has 0 saturated carbocycles. The van der Waals surface area contributed by atoms with Crippen molar-refractivity contribution in [3.8, 4) is 17.0 Å². The van der Waals surface area contributed by atoms with E-state index in [4.69, 9.17) is 14.2 Å². The SMILES string of the molecule is O=C1CCC(N2C(=O)c3cc(F)c(N4CCN(C(=O)COCCNCCOc5c(-c6csc(N7CCOCC7)n6)ccc(F)c5F)CC4)cc3C2=O)C(=O)N1. The molecule has 5 amide bonds. The van der Waals surface area contributed by atoms with Gasteiger partial charge in [-0.3, -0.25) is 34.2 Å². The third kappa shape index (κ3) is 8.14. The van der Waals surface area contributed by atoms with E-state index in [1.807, 2.05) is 0 Å². The van der Waals surface area contributed by atoms with Crippen LogP contribution in [0.4, 0.5) is 24.0 Å². The van der Waals surface area contributed by atoms with Gasteiger partial charge in [-0.25, -0.2) is 13.8 Å². The highest BCUT2D eigenvalue weighted by atomic mass is 32.1. The van der Waals surface area contributed by atoms with E-state index in [0.29, 0.717) is 50.7 Å². The predicted molar refractivity (Wildman–Crippen MR) is 192 cm³/mol. The van der Waals surface area contributed by atoms with Gasteiger partial charge >= 0.3 is 0 Å². The lowest BCUT2D eigenvalue weighted by molar-refractivity contribution is -0.137. The number of anilines is 2. The summed E-state index contributed by atoms with van der Waals surface area (Å²) >= 11 is 1.41. The summed E-state index contributed by atoms with van der Waals surface area (Å²) in [6.07, 6.45) is -0.0380. The van der Waals surface area contributed by atoms with Crippen LogP contribution in [0.5, 0.6) is 5.75 Å². The number of ether oxygens (including phenoxy) is 3. The molecule has 1 aromatic heterocycles. The zero-order valence-electron chi connectivity index (χ0n) is 29.6. The first kappa shape index (κ1) is 38.2. The smallest absolute Gasteiger partial charge is 0.262 e. The van der Waals surface area contributed by atoms with Gasteiger partial charge in [-0.2, -0.15) is 4.39 Å². The zero-order chi connectivity index (χ0) is 38.6. The highest BCUT2D eigenvalue weighted by Crippen LogP contribution is 2.37. The highest BCUT2D eigenvalue weighted by Gasteiger charge is 2.45. The van der Waals surface area contributed by atoms with Gasteiger partial charge in [0.25, 0.3) is 11.8 Å². The molecule has 292 valence electrons. The maximum atomic E-state index is 15.3. The number of carbonyl (C=O) groups is 5. The minimum Gasteiger partial charge on any atom is -0.488 e. The van der Waals surface area contributed by atoms with Gasteiger partial charge in [-0.15, -0.1) is 11.3 Å². The number of halogens is 3. The van der Waals surface area contributed by atoms with Crippen molar-refractivity contribution in [1.29, 1.82) is 0 Å². The summed E-state index contributed by atoms with van der Waals surface area (Å²) in [4.78, 5) is 73.6. The third-order valence-electron chi connectivity index (χ3n) is 9.75. The summed E-state index contributed by atoms with van der Waals surface area (Å²) in [6.45, 7) is 4.31. The van der Waals surface area contributed by atoms with Crippen molar-refractivity contribution in [3.05, 3.63) is 58.2 Å². The van der Waals surface area contributed by atoms with E-state index < -0.39 is 47.1 Å². The molecule has 19 heteroatoms. The van der Waals surface area contributed by atoms with Crippen LogP contribution >= 0.6 is 11.3 Å². The average molecular weight is 786 g/mol. The molecule has 2 aromatic carbocycles. The first-order chi connectivity index (χ1) is 26.6. The molecular formula is C36H38F3N7O8S. The van der Waals surface area contributed by atoms with Crippen molar-refractivity contribution in [2.24, 2.45) is 0 Å². The number of piperazine rings is 1. The molecule has 15 nitrogen and oxygen atoms in total. The number of fused-ring (bicyclic) bond motifs is 1. The third-order valence-corrected chi connectivity index (χ3v) is 10.7. The number of carbonyl (C=O) groups excluding carboxylic acids is 5. The molecule has 4 aliphatic heterocycles. The Morgan fingerprint density at radius 3 is 2.38 bits per heavy atom. The first-order valence-corrected chi connectivity index (χ1v) is 18.7. The topological polar surface area (TPSA) is 163 Å². The Bertz CT molecular complexity index is 1990. The van der Waals surface area contributed by atoms with Crippen molar-refractivity contribution < 1.29 is 51.4 Å². The summed E-state index contributed by atoms with van der Waals surface area (Å²) in [5.41, 5.74) is 0.750. The number of amides is 5.